The van der Waals surface area contributed by atoms with Crippen molar-refractivity contribution in [3.63, 3.8) is 0 Å². The molecule has 2 aromatic heterocycles. The Kier molecular flexibility index (Phi) is 4.72. The SMILES string of the molecule is O=C(c1cnccn1)N1CCO[C@@H](CCc2cc(=O)[nH]cn2)C1. The normalized spacial score (nSPS) is 17.9. The summed E-state index contributed by atoms with van der Waals surface area (Å²) in [5, 5.41) is 0. The Morgan fingerprint density at radius 3 is 3.09 bits per heavy atom. The third kappa shape index (κ3) is 3.98. The van der Waals surface area contributed by atoms with Gasteiger partial charge in [0.15, 0.2) is 0 Å². The maximum atomic E-state index is 12.4. The molecule has 0 spiro atoms. The van der Waals surface area contributed by atoms with Gasteiger partial charge in [0, 0.05) is 37.2 Å². The monoisotopic (exact) mass is 315 g/mol. The number of aromatic nitrogens is 4. The zero-order valence-electron chi connectivity index (χ0n) is 12.5. The lowest BCUT2D eigenvalue weighted by Gasteiger charge is -2.32. The summed E-state index contributed by atoms with van der Waals surface area (Å²) < 4.78 is 5.70. The predicted molar refractivity (Wildman–Crippen MR) is 80.9 cm³/mol. The highest BCUT2D eigenvalue weighted by Gasteiger charge is 2.25. The molecule has 0 bridgehead atoms. The molecule has 1 aliphatic rings. The molecule has 1 atom stereocenters. The molecule has 3 heterocycles. The maximum absolute atomic E-state index is 12.4. The number of ether oxygens (including phenoxy) is 1. The minimum Gasteiger partial charge on any atom is -0.375 e. The number of H-pyrrole nitrogens is 1. The number of amides is 1. The fourth-order valence-electron chi connectivity index (χ4n) is 2.50. The molecule has 0 saturated carbocycles. The molecule has 2 aromatic rings. The van der Waals surface area contributed by atoms with E-state index in [0.717, 1.165) is 5.69 Å². The van der Waals surface area contributed by atoms with E-state index in [9.17, 15) is 9.59 Å². The summed E-state index contributed by atoms with van der Waals surface area (Å²) in [7, 11) is 0. The van der Waals surface area contributed by atoms with E-state index in [1.54, 1.807) is 4.90 Å². The van der Waals surface area contributed by atoms with Gasteiger partial charge in [0.1, 0.15) is 5.69 Å². The Bertz CT molecular complexity index is 718. The summed E-state index contributed by atoms with van der Waals surface area (Å²) in [4.78, 5) is 39.9. The smallest absolute Gasteiger partial charge is 0.274 e. The molecule has 3 rings (SSSR count). The summed E-state index contributed by atoms with van der Waals surface area (Å²) in [5.41, 5.74) is 0.887. The summed E-state index contributed by atoms with van der Waals surface area (Å²) in [6.45, 7) is 1.52. The van der Waals surface area contributed by atoms with Crippen molar-refractivity contribution in [3.8, 4) is 0 Å². The van der Waals surface area contributed by atoms with Crippen molar-refractivity contribution in [1.82, 2.24) is 24.8 Å². The van der Waals surface area contributed by atoms with Gasteiger partial charge in [-0.2, -0.15) is 0 Å². The number of aryl methyl sites for hydroxylation is 1. The Morgan fingerprint density at radius 1 is 1.39 bits per heavy atom. The zero-order valence-corrected chi connectivity index (χ0v) is 12.5. The van der Waals surface area contributed by atoms with Gasteiger partial charge in [-0.25, -0.2) is 9.97 Å². The van der Waals surface area contributed by atoms with Gasteiger partial charge in [0.05, 0.1) is 25.2 Å². The zero-order chi connectivity index (χ0) is 16.1. The van der Waals surface area contributed by atoms with Crippen molar-refractivity contribution < 1.29 is 9.53 Å². The van der Waals surface area contributed by atoms with Crippen molar-refractivity contribution in [2.45, 2.75) is 18.9 Å². The molecule has 0 aliphatic carbocycles. The van der Waals surface area contributed by atoms with E-state index in [2.05, 4.69) is 19.9 Å². The highest BCUT2D eigenvalue weighted by Crippen LogP contribution is 2.13. The molecule has 8 heteroatoms. The number of carbonyl (C=O) groups is 1. The minimum absolute atomic E-state index is 0.0783. The highest BCUT2D eigenvalue weighted by atomic mass is 16.5. The van der Waals surface area contributed by atoms with Crippen molar-refractivity contribution in [3.05, 3.63) is 52.7 Å². The molecule has 1 N–H and O–H groups in total. The molecule has 0 aromatic carbocycles. The first kappa shape index (κ1) is 15.3. The third-order valence-electron chi connectivity index (χ3n) is 3.67. The van der Waals surface area contributed by atoms with E-state index >= 15 is 0 Å². The number of morpholine rings is 1. The van der Waals surface area contributed by atoms with E-state index in [1.165, 1.54) is 31.0 Å². The van der Waals surface area contributed by atoms with Crippen molar-refractivity contribution in [2.75, 3.05) is 19.7 Å². The van der Waals surface area contributed by atoms with Gasteiger partial charge < -0.3 is 14.6 Å². The summed E-state index contributed by atoms with van der Waals surface area (Å²) >= 11 is 0. The molecule has 1 amide bonds. The molecular formula is C15H17N5O3. The van der Waals surface area contributed by atoms with Crippen LogP contribution >= 0.6 is 0 Å². The third-order valence-corrected chi connectivity index (χ3v) is 3.67. The summed E-state index contributed by atoms with van der Waals surface area (Å²) in [6.07, 6.45) is 7.14. The fourth-order valence-corrected chi connectivity index (χ4v) is 2.50. The average molecular weight is 315 g/mol. The Labute approximate surface area is 132 Å². The van der Waals surface area contributed by atoms with Gasteiger partial charge in [-0.3, -0.25) is 14.6 Å². The first-order chi connectivity index (χ1) is 11.2. The molecule has 0 radical (unpaired) electrons. The number of nitrogens with one attached hydrogen (secondary N) is 1. The van der Waals surface area contributed by atoms with Crippen LogP contribution in [0.3, 0.4) is 0 Å². The van der Waals surface area contributed by atoms with E-state index in [1.807, 2.05) is 0 Å². The Hall–Kier alpha value is -2.61. The van der Waals surface area contributed by atoms with Gasteiger partial charge in [-0.05, 0) is 12.8 Å². The second-order valence-electron chi connectivity index (χ2n) is 5.28. The number of hydrogen-bond donors (Lipinski definition) is 1. The number of hydrogen-bond acceptors (Lipinski definition) is 6. The lowest BCUT2D eigenvalue weighted by Crippen LogP contribution is -2.46. The summed E-state index contributed by atoms with van der Waals surface area (Å²) in [6, 6.07) is 1.48. The number of aromatic amines is 1. The maximum Gasteiger partial charge on any atom is 0.274 e. The van der Waals surface area contributed by atoms with Crippen LogP contribution < -0.4 is 5.56 Å². The van der Waals surface area contributed by atoms with Crippen molar-refractivity contribution in [1.29, 1.82) is 0 Å². The number of carbonyl (C=O) groups excluding carboxylic acids is 1. The van der Waals surface area contributed by atoms with Gasteiger partial charge >= 0.3 is 0 Å². The van der Waals surface area contributed by atoms with Gasteiger partial charge in [-0.1, -0.05) is 0 Å². The van der Waals surface area contributed by atoms with Crippen LogP contribution in [0, 0.1) is 0 Å². The van der Waals surface area contributed by atoms with Crippen LogP contribution in [0.2, 0.25) is 0 Å². The molecule has 8 nitrogen and oxygen atoms in total. The van der Waals surface area contributed by atoms with Gasteiger partial charge in [0.2, 0.25) is 0 Å². The van der Waals surface area contributed by atoms with E-state index in [4.69, 9.17) is 4.74 Å². The minimum atomic E-state index is -0.168. The van der Waals surface area contributed by atoms with Crippen LogP contribution in [0.4, 0.5) is 0 Å². The van der Waals surface area contributed by atoms with Crippen LogP contribution in [-0.4, -0.2) is 56.5 Å². The van der Waals surface area contributed by atoms with Crippen molar-refractivity contribution >= 4 is 5.91 Å². The molecule has 0 unspecified atom stereocenters. The summed E-state index contributed by atoms with van der Waals surface area (Å²) in [5.74, 6) is -0.138. The molecule has 1 aliphatic heterocycles. The van der Waals surface area contributed by atoms with Gasteiger partial charge in [-0.15, -0.1) is 0 Å². The molecule has 23 heavy (non-hydrogen) atoms. The molecule has 120 valence electrons. The van der Waals surface area contributed by atoms with Crippen LogP contribution in [0.1, 0.15) is 22.6 Å². The lowest BCUT2D eigenvalue weighted by atomic mass is 10.1. The first-order valence-corrected chi connectivity index (χ1v) is 7.43. The second-order valence-corrected chi connectivity index (χ2v) is 5.28. The van der Waals surface area contributed by atoms with E-state index in [0.29, 0.717) is 38.2 Å². The predicted octanol–water partition coefficient (Wildman–Crippen LogP) is 0.0337. The Balaban J connectivity index is 1.58. The highest BCUT2D eigenvalue weighted by molar-refractivity contribution is 5.92. The van der Waals surface area contributed by atoms with E-state index in [-0.39, 0.29) is 17.6 Å². The fraction of sp³-hybridized carbons (Fsp3) is 0.400. The molecule has 1 saturated heterocycles. The lowest BCUT2D eigenvalue weighted by molar-refractivity contribution is -0.0248. The van der Waals surface area contributed by atoms with E-state index < -0.39 is 0 Å². The van der Waals surface area contributed by atoms with Crippen LogP contribution in [-0.2, 0) is 11.2 Å². The standard InChI is InChI=1S/C15H17N5O3/c21-14-7-11(18-10-19-14)1-2-12-9-20(5-6-23-12)15(22)13-8-16-3-4-17-13/h3-4,7-8,10,12H,1-2,5-6,9H2,(H,18,19,21)/t12-/m0/s1. The number of rotatable bonds is 4. The quantitative estimate of drug-likeness (QED) is 0.854. The molecular weight excluding hydrogens is 298 g/mol. The topological polar surface area (TPSA) is 101 Å². The average Bonchev–Trinajstić information content (AvgIpc) is 2.60. The second kappa shape index (κ2) is 7.10. The largest absolute Gasteiger partial charge is 0.375 e. The molecule has 1 fully saturated rings. The first-order valence-electron chi connectivity index (χ1n) is 7.43. The van der Waals surface area contributed by atoms with Crippen LogP contribution in [0.15, 0.2) is 35.8 Å². The van der Waals surface area contributed by atoms with Gasteiger partial charge in [0.25, 0.3) is 11.5 Å². The number of nitrogens with zero attached hydrogens (tertiary/aromatic N) is 4. The van der Waals surface area contributed by atoms with Crippen LogP contribution in [0.25, 0.3) is 0 Å². The Morgan fingerprint density at radius 2 is 2.30 bits per heavy atom. The van der Waals surface area contributed by atoms with Crippen molar-refractivity contribution in [2.24, 2.45) is 0 Å². The van der Waals surface area contributed by atoms with Crippen LogP contribution in [0.5, 0.6) is 0 Å².